The Morgan fingerprint density at radius 3 is 2.07 bits per heavy atom. The van der Waals surface area contributed by atoms with Crippen molar-refractivity contribution in [1.29, 1.82) is 0 Å². The minimum atomic E-state index is -3.62. The van der Waals surface area contributed by atoms with Crippen molar-refractivity contribution >= 4 is 27.0 Å². The van der Waals surface area contributed by atoms with Crippen LogP contribution in [0.3, 0.4) is 0 Å². The number of nitrogens with two attached hydrogens (primary N) is 1. The van der Waals surface area contributed by atoms with E-state index in [1.807, 2.05) is 45.0 Å². The molecule has 0 spiro atoms. The molecule has 1 aliphatic carbocycles. The van der Waals surface area contributed by atoms with Gasteiger partial charge in [0.15, 0.2) is 9.84 Å². The zero-order valence-corrected chi connectivity index (χ0v) is 17.4. The van der Waals surface area contributed by atoms with Crippen LogP contribution in [0.4, 0.5) is 0 Å². The number of hydrogen-bond donors (Lipinski definition) is 1. The van der Waals surface area contributed by atoms with Gasteiger partial charge < -0.3 is 10.5 Å². The van der Waals surface area contributed by atoms with Gasteiger partial charge in [-0.25, -0.2) is 8.42 Å². The normalized spacial score (nSPS) is 24.6. The van der Waals surface area contributed by atoms with Crippen LogP contribution in [0.2, 0.25) is 0 Å². The Hall–Kier alpha value is -1.76. The van der Waals surface area contributed by atoms with E-state index in [9.17, 15) is 8.42 Å². The van der Waals surface area contributed by atoms with E-state index < -0.39 is 20.5 Å². The summed E-state index contributed by atoms with van der Waals surface area (Å²) in [6, 6.07) is 14.8. The van der Waals surface area contributed by atoms with E-state index >= 15 is 0 Å². The Morgan fingerprint density at radius 1 is 1.07 bits per heavy atom. The first kappa shape index (κ1) is 20.0. The maximum atomic E-state index is 13.5. The molecule has 1 fully saturated rings. The van der Waals surface area contributed by atoms with E-state index in [4.69, 9.17) is 22.7 Å². The molecule has 0 radical (unpaired) electrons. The highest BCUT2D eigenvalue weighted by Crippen LogP contribution is 2.64. The minimum Gasteiger partial charge on any atom is -0.393 e. The van der Waals surface area contributed by atoms with Crippen LogP contribution in [0, 0.1) is 19.3 Å². The summed E-state index contributed by atoms with van der Waals surface area (Å²) in [5.74, 6) is -0.312. The third-order valence-corrected chi connectivity index (χ3v) is 8.05. The molecule has 2 N–H and O–H groups in total. The molecular formula is C21H25NO3S2. The molecule has 0 aromatic heterocycles. The fourth-order valence-electron chi connectivity index (χ4n) is 3.79. The van der Waals surface area contributed by atoms with Crippen LogP contribution in [0.5, 0.6) is 0 Å². The summed E-state index contributed by atoms with van der Waals surface area (Å²) in [5, 5.41) is -0.723. The molecule has 2 aromatic carbocycles. The molecule has 0 aliphatic heterocycles. The number of hydrogen-bond acceptors (Lipinski definition) is 4. The summed E-state index contributed by atoms with van der Waals surface area (Å²) in [6.07, 6.45) is 0. The van der Waals surface area contributed by atoms with Crippen LogP contribution in [0.1, 0.15) is 29.5 Å². The summed E-state index contributed by atoms with van der Waals surface area (Å²) in [6.45, 7) is 6.48. The van der Waals surface area contributed by atoms with E-state index in [0.29, 0.717) is 11.5 Å². The molecule has 144 valence electrons. The average Bonchev–Trinajstić information content (AvgIpc) is 3.32. The molecule has 3 atom stereocenters. The molecule has 4 nitrogen and oxygen atoms in total. The standard InChI is InChI=1S/C21H25NO3S2/c1-4-25-13-21(20(22)26)18(16-9-5-14(2)6-10-16)19(21)27(23,24)17-11-7-15(3)8-12-17/h5-12,18-19H,4,13H2,1-3H3,(H2,22,26)/t18-,19-,21+/m1/s1. The van der Waals surface area contributed by atoms with E-state index in [0.717, 1.165) is 16.7 Å². The van der Waals surface area contributed by atoms with Crippen LogP contribution in [-0.2, 0) is 14.6 Å². The lowest BCUT2D eigenvalue weighted by molar-refractivity contribution is 0.121. The van der Waals surface area contributed by atoms with Crippen molar-refractivity contribution in [2.24, 2.45) is 11.1 Å². The lowest BCUT2D eigenvalue weighted by Crippen LogP contribution is -2.33. The van der Waals surface area contributed by atoms with Crippen LogP contribution in [0.25, 0.3) is 0 Å². The lowest BCUT2D eigenvalue weighted by atomic mass is 9.99. The Morgan fingerprint density at radius 2 is 1.59 bits per heavy atom. The molecule has 0 heterocycles. The van der Waals surface area contributed by atoms with Gasteiger partial charge in [0.2, 0.25) is 0 Å². The van der Waals surface area contributed by atoms with Gasteiger partial charge >= 0.3 is 0 Å². The highest BCUT2D eigenvalue weighted by molar-refractivity contribution is 7.92. The van der Waals surface area contributed by atoms with Crippen molar-refractivity contribution in [2.45, 2.75) is 36.8 Å². The summed E-state index contributed by atoms with van der Waals surface area (Å²) in [5.41, 5.74) is 8.27. The van der Waals surface area contributed by atoms with Crippen molar-refractivity contribution in [3.8, 4) is 0 Å². The smallest absolute Gasteiger partial charge is 0.182 e. The Kier molecular flexibility index (Phi) is 5.43. The number of sulfone groups is 1. The van der Waals surface area contributed by atoms with E-state index in [1.165, 1.54) is 0 Å². The molecule has 0 amide bonds. The highest BCUT2D eigenvalue weighted by atomic mass is 32.2. The van der Waals surface area contributed by atoms with Gasteiger partial charge in [-0.15, -0.1) is 0 Å². The van der Waals surface area contributed by atoms with Crippen LogP contribution in [-0.4, -0.2) is 31.9 Å². The SMILES string of the molecule is CCOC[C@]1(C(N)=S)[C@H](c2ccc(C)cc2)[C@H]1S(=O)(=O)c1ccc(C)cc1. The summed E-state index contributed by atoms with van der Waals surface area (Å²) < 4.78 is 32.6. The zero-order valence-electron chi connectivity index (χ0n) is 15.8. The van der Waals surface area contributed by atoms with Crippen LogP contribution in [0.15, 0.2) is 53.4 Å². The maximum absolute atomic E-state index is 13.5. The highest BCUT2D eigenvalue weighted by Gasteiger charge is 2.73. The van der Waals surface area contributed by atoms with Gasteiger partial charge in [0.05, 0.1) is 27.2 Å². The topological polar surface area (TPSA) is 69.4 Å². The molecule has 0 saturated heterocycles. The fraction of sp³-hybridized carbons (Fsp3) is 0.381. The Balaban J connectivity index is 2.10. The number of rotatable bonds is 7. The summed E-state index contributed by atoms with van der Waals surface area (Å²) in [7, 11) is -3.62. The Labute approximate surface area is 166 Å². The van der Waals surface area contributed by atoms with Crippen molar-refractivity contribution in [1.82, 2.24) is 0 Å². The molecule has 0 bridgehead atoms. The number of benzene rings is 2. The quantitative estimate of drug-likeness (QED) is 0.716. The molecule has 6 heteroatoms. The number of aryl methyl sites for hydroxylation is 2. The van der Waals surface area contributed by atoms with Crippen molar-refractivity contribution in [3.05, 3.63) is 65.2 Å². The molecule has 3 rings (SSSR count). The van der Waals surface area contributed by atoms with Gasteiger partial charge in [0.1, 0.15) is 0 Å². The van der Waals surface area contributed by atoms with E-state index in [2.05, 4.69) is 0 Å². The summed E-state index contributed by atoms with van der Waals surface area (Å²) in [4.78, 5) is 0.493. The molecule has 27 heavy (non-hydrogen) atoms. The lowest BCUT2D eigenvalue weighted by Gasteiger charge is -2.17. The molecule has 2 aromatic rings. The van der Waals surface area contributed by atoms with Crippen molar-refractivity contribution in [2.75, 3.05) is 13.2 Å². The van der Waals surface area contributed by atoms with E-state index in [1.54, 1.807) is 24.3 Å². The summed E-state index contributed by atoms with van der Waals surface area (Å²) >= 11 is 5.36. The Bertz CT molecular complexity index is 936. The first-order chi connectivity index (χ1) is 12.7. The molecular weight excluding hydrogens is 378 g/mol. The fourth-order valence-corrected chi connectivity index (χ4v) is 6.56. The maximum Gasteiger partial charge on any atom is 0.182 e. The van der Waals surface area contributed by atoms with Gasteiger partial charge in [0, 0.05) is 12.5 Å². The zero-order chi connectivity index (χ0) is 19.8. The van der Waals surface area contributed by atoms with Crippen molar-refractivity contribution in [3.63, 3.8) is 0 Å². The predicted octanol–water partition coefficient (Wildman–Crippen LogP) is 3.55. The largest absolute Gasteiger partial charge is 0.393 e. The second-order valence-corrected chi connectivity index (χ2v) is 9.72. The van der Waals surface area contributed by atoms with Crippen molar-refractivity contribution < 1.29 is 13.2 Å². The van der Waals surface area contributed by atoms with Crippen LogP contribution >= 0.6 is 12.2 Å². The second-order valence-electron chi connectivity index (χ2n) is 7.21. The molecule has 0 unspecified atom stereocenters. The monoisotopic (exact) mass is 403 g/mol. The van der Waals surface area contributed by atoms with Gasteiger partial charge in [-0.3, -0.25) is 0 Å². The third-order valence-electron chi connectivity index (χ3n) is 5.38. The second kappa shape index (κ2) is 7.34. The predicted molar refractivity (Wildman–Crippen MR) is 112 cm³/mol. The minimum absolute atomic E-state index is 0.196. The molecule has 1 saturated carbocycles. The number of ether oxygens (including phenoxy) is 1. The number of thiocarbonyl (C=S) groups is 1. The van der Waals surface area contributed by atoms with Gasteiger partial charge in [0.25, 0.3) is 0 Å². The van der Waals surface area contributed by atoms with Gasteiger partial charge in [-0.1, -0.05) is 59.7 Å². The first-order valence-electron chi connectivity index (χ1n) is 9.00. The molecule has 1 aliphatic rings. The average molecular weight is 404 g/mol. The van der Waals surface area contributed by atoms with Gasteiger partial charge in [-0.05, 0) is 38.5 Å². The van der Waals surface area contributed by atoms with E-state index in [-0.39, 0.29) is 17.5 Å². The third kappa shape index (κ3) is 3.42. The first-order valence-corrected chi connectivity index (χ1v) is 11.0. The van der Waals surface area contributed by atoms with Crippen LogP contribution < -0.4 is 5.73 Å². The van der Waals surface area contributed by atoms with Gasteiger partial charge in [-0.2, -0.15) is 0 Å².